The maximum Gasteiger partial charge on any atom is 0.356 e. The zero-order valence-corrected chi connectivity index (χ0v) is 8.82. The number of hydrogen-bond donors (Lipinski definition) is 3. The first-order chi connectivity index (χ1) is 7.65. The second-order valence-electron chi connectivity index (χ2n) is 2.56. The van der Waals surface area contributed by atoms with Gasteiger partial charge in [0.25, 0.3) is 0 Å². The molecule has 0 radical (unpaired) electrons. The Morgan fingerprint density at radius 1 is 1.56 bits per heavy atom. The van der Waals surface area contributed by atoms with Crippen LogP contribution in [0.5, 0.6) is 0 Å². The third-order valence-corrected chi connectivity index (χ3v) is 1.76. The predicted octanol–water partition coefficient (Wildman–Crippen LogP) is 0.236. The van der Waals surface area contributed by atoms with E-state index in [2.05, 4.69) is 27.1 Å². The Hall–Kier alpha value is -1.84. The lowest BCUT2D eigenvalue weighted by Crippen LogP contribution is -2.08. The number of aromatic nitrogens is 2. The molecule has 1 aromatic rings. The minimum atomic E-state index is -1.23. The molecule has 7 heteroatoms. The van der Waals surface area contributed by atoms with E-state index in [0.717, 1.165) is 0 Å². The molecule has 0 aromatic carbocycles. The lowest BCUT2D eigenvalue weighted by Gasteiger charge is -2.02. The molecule has 0 atom stereocenters. The molecule has 6 nitrogen and oxygen atoms in total. The summed E-state index contributed by atoms with van der Waals surface area (Å²) in [5, 5.41) is 19.8. The van der Waals surface area contributed by atoms with Crippen LogP contribution in [-0.4, -0.2) is 39.3 Å². The van der Waals surface area contributed by atoms with Gasteiger partial charge in [-0.25, -0.2) is 14.8 Å². The predicted molar refractivity (Wildman–Crippen MR) is 57.4 cm³/mol. The Bertz CT molecular complexity index is 453. The molecule has 0 unspecified atom stereocenters. The van der Waals surface area contributed by atoms with Gasteiger partial charge in [0.05, 0.1) is 17.8 Å². The molecular weight excluding hydrogens is 234 g/mol. The average Bonchev–Trinajstić information content (AvgIpc) is 2.26. The van der Waals surface area contributed by atoms with Crippen LogP contribution in [-0.2, 0) is 0 Å². The number of hydrogen-bond acceptors (Lipinski definition) is 5. The molecule has 3 N–H and O–H groups in total. The molecule has 1 heterocycles. The molecule has 0 saturated heterocycles. The van der Waals surface area contributed by atoms with Crippen molar-refractivity contribution in [1.82, 2.24) is 9.97 Å². The van der Waals surface area contributed by atoms with Crippen LogP contribution in [0.15, 0.2) is 6.20 Å². The van der Waals surface area contributed by atoms with Crippen molar-refractivity contribution in [2.24, 2.45) is 0 Å². The second kappa shape index (κ2) is 5.90. The van der Waals surface area contributed by atoms with Crippen LogP contribution in [0.1, 0.15) is 10.5 Å². The number of halogens is 1. The van der Waals surface area contributed by atoms with Crippen molar-refractivity contribution < 1.29 is 15.0 Å². The summed E-state index contributed by atoms with van der Waals surface area (Å²) in [4.78, 5) is 18.1. The minimum absolute atomic E-state index is 0.0282. The summed E-state index contributed by atoms with van der Waals surface area (Å²) < 4.78 is 0. The highest BCUT2D eigenvalue weighted by molar-refractivity contribution is 6.33. The fraction of sp³-hybridized carbons (Fsp3) is 0.222. The maximum absolute atomic E-state index is 10.7. The highest BCUT2D eigenvalue weighted by atomic mass is 35.5. The van der Waals surface area contributed by atoms with Crippen molar-refractivity contribution in [2.45, 2.75) is 0 Å². The zero-order valence-electron chi connectivity index (χ0n) is 8.07. The molecule has 0 amide bonds. The number of nitrogens with zero attached hydrogens (tertiary/aromatic N) is 2. The number of carboxylic acid groups (broad SMARTS) is 1. The van der Waals surface area contributed by atoms with Gasteiger partial charge in [0, 0.05) is 0 Å². The summed E-state index contributed by atoms with van der Waals surface area (Å²) in [6.07, 6.45) is 1.19. The minimum Gasteiger partial charge on any atom is -0.476 e. The number of aliphatic hydroxyl groups excluding tert-OH is 1. The molecule has 0 saturated carbocycles. The molecule has 84 valence electrons. The smallest absolute Gasteiger partial charge is 0.356 e. The molecule has 0 aliphatic carbocycles. The number of carbonyl (C=O) groups is 1. The summed E-state index contributed by atoms with van der Waals surface area (Å²) in [5.41, 5.74) is -0.269. The van der Waals surface area contributed by atoms with Gasteiger partial charge in [0.15, 0.2) is 5.69 Å². The number of carboxylic acids is 1. The monoisotopic (exact) mass is 241 g/mol. The van der Waals surface area contributed by atoms with E-state index in [1.165, 1.54) is 6.20 Å². The first-order valence-electron chi connectivity index (χ1n) is 4.21. The van der Waals surface area contributed by atoms with Crippen molar-refractivity contribution in [1.29, 1.82) is 0 Å². The summed E-state index contributed by atoms with van der Waals surface area (Å²) in [6.45, 7) is -0.0230. The topological polar surface area (TPSA) is 95.3 Å². The number of rotatable bonds is 3. The van der Waals surface area contributed by atoms with Crippen LogP contribution in [0, 0.1) is 11.8 Å². The summed E-state index contributed by atoms with van der Waals surface area (Å²) in [5.74, 6) is 3.88. The van der Waals surface area contributed by atoms with Crippen LogP contribution in [0.2, 0.25) is 5.02 Å². The average molecular weight is 242 g/mol. The van der Waals surface area contributed by atoms with Gasteiger partial charge in [0.2, 0.25) is 5.95 Å². The van der Waals surface area contributed by atoms with E-state index in [4.69, 9.17) is 21.8 Å². The molecule has 1 rings (SSSR count). The molecule has 0 spiro atoms. The quantitative estimate of drug-likeness (QED) is 0.656. The lowest BCUT2D eigenvalue weighted by atomic mass is 10.4. The lowest BCUT2D eigenvalue weighted by molar-refractivity contribution is 0.0690. The van der Waals surface area contributed by atoms with Gasteiger partial charge in [0.1, 0.15) is 6.61 Å². The first-order valence-corrected chi connectivity index (χ1v) is 4.59. The Morgan fingerprint density at radius 2 is 2.31 bits per heavy atom. The van der Waals surface area contributed by atoms with Crippen molar-refractivity contribution in [3.63, 3.8) is 0 Å². The molecule has 0 bridgehead atoms. The second-order valence-corrected chi connectivity index (χ2v) is 2.97. The normalized spacial score (nSPS) is 9.12. The Kier molecular flexibility index (Phi) is 4.51. The summed E-state index contributed by atoms with van der Waals surface area (Å²) in [6, 6.07) is 0. The fourth-order valence-electron chi connectivity index (χ4n) is 0.844. The van der Waals surface area contributed by atoms with Crippen LogP contribution in [0.3, 0.4) is 0 Å². The van der Waals surface area contributed by atoms with Gasteiger partial charge in [-0.3, -0.25) is 0 Å². The van der Waals surface area contributed by atoms with Gasteiger partial charge in [-0.05, 0) is 0 Å². The van der Waals surface area contributed by atoms with Gasteiger partial charge in [-0.2, -0.15) is 0 Å². The largest absolute Gasteiger partial charge is 0.476 e. The van der Waals surface area contributed by atoms with E-state index in [1.54, 1.807) is 0 Å². The van der Waals surface area contributed by atoms with Crippen molar-refractivity contribution >= 4 is 23.5 Å². The number of anilines is 1. The van der Waals surface area contributed by atoms with Gasteiger partial charge in [-0.1, -0.05) is 23.4 Å². The number of aliphatic hydroxyl groups is 1. The molecule has 0 fully saturated rings. The first kappa shape index (κ1) is 12.2. The number of nitrogens with one attached hydrogen (secondary N) is 1. The van der Waals surface area contributed by atoms with Gasteiger partial charge in [-0.15, -0.1) is 0 Å². The highest BCUT2D eigenvalue weighted by Gasteiger charge is 2.11. The Labute approximate surface area is 96.3 Å². The molecule has 0 aliphatic heterocycles. The summed E-state index contributed by atoms with van der Waals surface area (Å²) in [7, 11) is 0. The number of aromatic carboxylic acids is 1. The van der Waals surface area contributed by atoms with E-state index >= 15 is 0 Å². The Morgan fingerprint density at radius 3 is 2.94 bits per heavy atom. The van der Waals surface area contributed by atoms with Gasteiger partial charge >= 0.3 is 5.97 Å². The van der Waals surface area contributed by atoms with Crippen LogP contribution >= 0.6 is 11.6 Å². The van der Waals surface area contributed by atoms with Crippen LogP contribution < -0.4 is 5.32 Å². The SMILES string of the molecule is O=C(O)c1nc(NCC#CCO)ncc1Cl. The third-order valence-electron chi connectivity index (χ3n) is 1.49. The molecular formula is C9H8ClN3O3. The van der Waals surface area contributed by atoms with Gasteiger partial charge < -0.3 is 15.5 Å². The van der Waals surface area contributed by atoms with Crippen LogP contribution in [0.25, 0.3) is 0 Å². The van der Waals surface area contributed by atoms with Crippen molar-refractivity contribution in [3.05, 3.63) is 16.9 Å². The molecule has 1 aromatic heterocycles. The van der Waals surface area contributed by atoms with Crippen molar-refractivity contribution in [2.75, 3.05) is 18.5 Å². The maximum atomic E-state index is 10.7. The Balaban J connectivity index is 2.75. The van der Waals surface area contributed by atoms with E-state index in [1.807, 2.05) is 0 Å². The zero-order chi connectivity index (χ0) is 12.0. The van der Waals surface area contributed by atoms with E-state index in [0.29, 0.717) is 0 Å². The van der Waals surface area contributed by atoms with E-state index < -0.39 is 5.97 Å². The summed E-state index contributed by atoms with van der Waals surface area (Å²) >= 11 is 5.58. The molecule has 16 heavy (non-hydrogen) atoms. The fourth-order valence-corrected chi connectivity index (χ4v) is 1.02. The van der Waals surface area contributed by atoms with Crippen LogP contribution in [0.4, 0.5) is 5.95 Å². The van der Waals surface area contributed by atoms with E-state index in [-0.39, 0.29) is 29.8 Å². The van der Waals surface area contributed by atoms with E-state index in [9.17, 15) is 4.79 Å². The standard InChI is InChI=1S/C9H8ClN3O3/c10-6-5-12-9(11-3-1-2-4-14)13-7(6)8(15)16/h5,14H,3-4H2,(H,15,16)(H,11,12,13). The highest BCUT2D eigenvalue weighted by Crippen LogP contribution is 2.13. The molecule has 0 aliphatic rings. The third kappa shape index (κ3) is 3.38. The van der Waals surface area contributed by atoms with Crippen molar-refractivity contribution in [3.8, 4) is 11.8 Å².